The van der Waals surface area contributed by atoms with Gasteiger partial charge in [-0.05, 0) is 43.4 Å². The van der Waals surface area contributed by atoms with E-state index in [9.17, 15) is 0 Å². The summed E-state index contributed by atoms with van der Waals surface area (Å²) in [4.78, 5) is 4.30. The maximum atomic E-state index is 2.22. The molecule has 2 rings (SSSR count). The molecule has 1 aliphatic rings. The van der Waals surface area contributed by atoms with Crippen LogP contribution in [0, 0.1) is 0 Å². The second-order valence-electron chi connectivity index (χ2n) is 5.30. The van der Waals surface area contributed by atoms with Crippen LogP contribution in [-0.2, 0) is 0 Å². The molecule has 0 aromatic heterocycles. The molecule has 0 spiro atoms. The van der Waals surface area contributed by atoms with Gasteiger partial charge in [0, 0.05) is 25.8 Å². The first-order valence-electron chi connectivity index (χ1n) is 6.58. The summed E-state index contributed by atoms with van der Waals surface area (Å²) in [5, 5.41) is 0. The van der Waals surface area contributed by atoms with Crippen molar-refractivity contribution in [2.45, 2.75) is 6.04 Å². The number of rotatable bonds is 3. The molecule has 19 heavy (non-hydrogen) atoms. The first-order valence-corrected chi connectivity index (χ1v) is 6.58. The van der Waals surface area contributed by atoms with Gasteiger partial charge >= 0.3 is 0 Å². The van der Waals surface area contributed by atoms with Crippen molar-refractivity contribution in [3.63, 3.8) is 0 Å². The minimum absolute atomic E-state index is 0.410. The zero-order valence-electron chi connectivity index (χ0n) is 12.2. The summed E-state index contributed by atoms with van der Waals surface area (Å²) in [5.41, 5.74) is 3.71. The van der Waals surface area contributed by atoms with E-state index in [1.54, 1.807) is 0 Å². The molecule has 1 aromatic rings. The van der Waals surface area contributed by atoms with E-state index >= 15 is 0 Å². The maximum absolute atomic E-state index is 2.22. The van der Waals surface area contributed by atoms with Crippen LogP contribution in [0.3, 0.4) is 0 Å². The zero-order chi connectivity index (χ0) is 13.8. The largest absolute Gasteiger partial charge is 0.378 e. The number of likely N-dealkylation sites (N-methyl/N-ethyl adjacent to an activating group) is 1. The molecular weight excluding hydrogens is 232 g/mol. The number of hydrogen-bond acceptors (Lipinski definition) is 2. The molecule has 0 bridgehead atoms. The summed E-state index contributed by atoms with van der Waals surface area (Å²) in [6.07, 6.45) is 11.0. The van der Waals surface area contributed by atoms with Crippen LogP contribution in [0.1, 0.15) is 5.56 Å². The van der Waals surface area contributed by atoms with E-state index in [0.29, 0.717) is 6.04 Å². The molecule has 2 heteroatoms. The Kier molecular flexibility index (Phi) is 4.23. The minimum atomic E-state index is 0.410. The lowest BCUT2D eigenvalue weighted by atomic mass is 10.0. The fourth-order valence-electron chi connectivity index (χ4n) is 2.04. The van der Waals surface area contributed by atoms with Crippen LogP contribution in [0.4, 0.5) is 5.69 Å². The van der Waals surface area contributed by atoms with E-state index in [0.717, 1.165) is 0 Å². The summed E-state index contributed by atoms with van der Waals surface area (Å²) in [6.45, 7) is 0. The highest BCUT2D eigenvalue weighted by molar-refractivity contribution is 5.62. The highest BCUT2D eigenvalue weighted by Crippen LogP contribution is 2.18. The Morgan fingerprint density at radius 1 is 0.895 bits per heavy atom. The van der Waals surface area contributed by atoms with Crippen molar-refractivity contribution >= 4 is 11.8 Å². The number of allylic oxidation sites excluding steroid dienone is 3. The van der Waals surface area contributed by atoms with Crippen molar-refractivity contribution < 1.29 is 0 Å². The number of benzene rings is 1. The average molecular weight is 254 g/mol. The van der Waals surface area contributed by atoms with Gasteiger partial charge in [-0.2, -0.15) is 0 Å². The van der Waals surface area contributed by atoms with Gasteiger partial charge in [-0.15, -0.1) is 0 Å². The highest BCUT2D eigenvalue weighted by atomic mass is 15.1. The molecule has 0 fully saturated rings. The predicted octanol–water partition coefficient (Wildman–Crippen LogP) is 3.19. The Bertz CT molecular complexity index is 489. The van der Waals surface area contributed by atoms with E-state index < -0.39 is 0 Å². The third-order valence-corrected chi connectivity index (χ3v) is 3.31. The van der Waals surface area contributed by atoms with Crippen LogP contribution in [0.2, 0.25) is 0 Å². The quantitative estimate of drug-likeness (QED) is 0.817. The van der Waals surface area contributed by atoms with Crippen molar-refractivity contribution in [2.75, 3.05) is 33.1 Å². The van der Waals surface area contributed by atoms with Gasteiger partial charge in [-0.3, -0.25) is 4.90 Å². The molecule has 0 amide bonds. The molecule has 0 atom stereocenters. The first kappa shape index (κ1) is 13.6. The molecule has 0 N–H and O–H groups in total. The van der Waals surface area contributed by atoms with E-state index in [1.165, 1.54) is 16.8 Å². The van der Waals surface area contributed by atoms with Gasteiger partial charge in [0.05, 0.1) is 0 Å². The monoisotopic (exact) mass is 254 g/mol. The van der Waals surface area contributed by atoms with Crippen molar-refractivity contribution in [3.05, 3.63) is 59.7 Å². The fourth-order valence-corrected chi connectivity index (χ4v) is 2.04. The summed E-state index contributed by atoms with van der Waals surface area (Å²) >= 11 is 0. The lowest BCUT2D eigenvalue weighted by Crippen LogP contribution is -2.24. The lowest BCUT2D eigenvalue weighted by Gasteiger charge is -2.19. The standard InChI is InChI=1S/C17H22N2/c1-18(2)16-9-5-14(6-10-16)13-15-7-11-17(12-8-15)19(3)4/h5-13,16H,1-4H3. The van der Waals surface area contributed by atoms with Gasteiger partial charge in [0.2, 0.25) is 0 Å². The maximum Gasteiger partial charge on any atom is 0.0462 e. The Morgan fingerprint density at radius 3 is 1.95 bits per heavy atom. The second-order valence-corrected chi connectivity index (χ2v) is 5.30. The van der Waals surface area contributed by atoms with E-state index in [1.807, 2.05) is 0 Å². The topological polar surface area (TPSA) is 6.48 Å². The van der Waals surface area contributed by atoms with Crippen molar-refractivity contribution in [1.29, 1.82) is 0 Å². The molecule has 0 radical (unpaired) electrons. The molecule has 0 unspecified atom stereocenters. The normalized spacial score (nSPS) is 17.9. The van der Waals surface area contributed by atoms with Crippen LogP contribution in [0.25, 0.3) is 6.08 Å². The molecule has 2 nitrogen and oxygen atoms in total. The van der Waals surface area contributed by atoms with Crippen LogP contribution in [0.15, 0.2) is 54.1 Å². The number of hydrogen-bond donors (Lipinski definition) is 0. The molecular formula is C17H22N2. The van der Waals surface area contributed by atoms with Gasteiger partial charge in [-0.1, -0.05) is 36.4 Å². The predicted molar refractivity (Wildman–Crippen MR) is 84.5 cm³/mol. The van der Waals surface area contributed by atoms with Gasteiger partial charge in [0.15, 0.2) is 0 Å². The summed E-state index contributed by atoms with van der Waals surface area (Å²) < 4.78 is 0. The molecule has 0 heterocycles. The van der Waals surface area contributed by atoms with Gasteiger partial charge in [0.1, 0.15) is 0 Å². The van der Waals surface area contributed by atoms with Gasteiger partial charge < -0.3 is 4.90 Å². The average Bonchev–Trinajstić information content (AvgIpc) is 2.40. The zero-order valence-corrected chi connectivity index (χ0v) is 12.2. The molecule has 1 aliphatic carbocycles. The van der Waals surface area contributed by atoms with E-state index in [2.05, 4.69) is 92.6 Å². The molecule has 1 aromatic carbocycles. The minimum Gasteiger partial charge on any atom is -0.378 e. The van der Waals surface area contributed by atoms with Crippen LogP contribution in [-0.4, -0.2) is 39.1 Å². The van der Waals surface area contributed by atoms with Gasteiger partial charge in [0.25, 0.3) is 0 Å². The Balaban J connectivity index is 2.11. The summed E-state index contributed by atoms with van der Waals surface area (Å²) in [5.74, 6) is 0. The van der Waals surface area contributed by atoms with Crippen molar-refractivity contribution in [1.82, 2.24) is 4.90 Å². The van der Waals surface area contributed by atoms with Crippen molar-refractivity contribution in [2.24, 2.45) is 0 Å². The number of anilines is 1. The molecule has 0 saturated carbocycles. The summed E-state index contributed by atoms with van der Waals surface area (Å²) in [7, 11) is 8.30. The third kappa shape index (κ3) is 3.58. The Labute approximate surface area is 116 Å². The third-order valence-electron chi connectivity index (χ3n) is 3.31. The number of nitrogens with zero attached hydrogens (tertiary/aromatic N) is 2. The fraction of sp³-hybridized carbons (Fsp3) is 0.294. The second kappa shape index (κ2) is 5.89. The van der Waals surface area contributed by atoms with Crippen LogP contribution < -0.4 is 4.90 Å². The Morgan fingerprint density at radius 2 is 1.47 bits per heavy atom. The highest BCUT2D eigenvalue weighted by Gasteiger charge is 2.06. The SMILES string of the molecule is CN(C)c1ccc(C=C2C=CC(N(C)C)C=C2)cc1. The van der Waals surface area contributed by atoms with Gasteiger partial charge in [-0.25, -0.2) is 0 Å². The first-order chi connectivity index (χ1) is 9.06. The Hall–Kier alpha value is -1.80. The van der Waals surface area contributed by atoms with Crippen LogP contribution >= 0.6 is 0 Å². The van der Waals surface area contributed by atoms with Crippen LogP contribution in [0.5, 0.6) is 0 Å². The molecule has 0 aliphatic heterocycles. The molecule has 0 saturated heterocycles. The molecule has 100 valence electrons. The van der Waals surface area contributed by atoms with E-state index in [4.69, 9.17) is 0 Å². The summed E-state index contributed by atoms with van der Waals surface area (Å²) in [6, 6.07) is 9.01. The smallest absolute Gasteiger partial charge is 0.0462 e. The van der Waals surface area contributed by atoms with E-state index in [-0.39, 0.29) is 0 Å². The lowest BCUT2D eigenvalue weighted by molar-refractivity contribution is 0.390. The van der Waals surface area contributed by atoms with Crippen molar-refractivity contribution in [3.8, 4) is 0 Å².